The predicted molar refractivity (Wildman–Crippen MR) is 156 cm³/mol. The molecular formula is C32H35F2N3O6. The number of carbonyl (C=O) groups excluding carboxylic acids is 1. The summed E-state index contributed by atoms with van der Waals surface area (Å²) in [6.45, 7) is 5.31. The number of fused-ring (bicyclic) bond motifs is 1. The Morgan fingerprint density at radius 3 is 2.74 bits per heavy atom. The number of nitrogens with zero attached hydrogens (tertiary/aromatic N) is 2. The van der Waals surface area contributed by atoms with Crippen molar-refractivity contribution >= 4 is 17.4 Å². The first-order valence-corrected chi connectivity index (χ1v) is 14.6. The maximum atomic E-state index is 14.2. The number of alkyl halides is 2. The Labute approximate surface area is 249 Å². The van der Waals surface area contributed by atoms with Gasteiger partial charge in [-0.3, -0.25) is 4.79 Å². The molecule has 3 aliphatic rings. The van der Waals surface area contributed by atoms with E-state index < -0.39 is 18.4 Å². The minimum atomic E-state index is -3.13. The normalized spacial score (nSPS) is 19.4. The van der Waals surface area contributed by atoms with Crippen LogP contribution in [0.3, 0.4) is 0 Å². The van der Waals surface area contributed by atoms with Crippen LogP contribution in [0.5, 0.6) is 11.6 Å². The second kappa shape index (κ2) is 12.8. The van der Waals surface area contributed by atoms with Gasteiger partial charge in [0.1, 0.15) is 18.2 Å². The summed E-state index contributed by atoms with van der Waals surface area (Å²) in [5.41, 5.74) is 3.10. The van der Waals surface area contributed by atoms with Crippen molar-refractivity contribution in [1.29, 1.82) is 0 Å². The largest absolute Gasteiger partial charge is 0.486 e. The number of rotatable bonds is 9. The van der Waals surface area contributed by atoms with Crippen molar-refractivity contribution in [3.05, 3.63) is 65.2 Å². The molecule has 1 amide bonds. The van der Waals surface area contributed by atoms with E-state index in [1.807, 2.05) is 31.2 Å². The van der Waals surface area contributed by atoms with Gasteiger partial charge in [-0.25, -0.2) is 0 Å². The van der Waals surface area contributed by atoms with Gasteiger partial charge < -0.3 is 33.9 Å². The first-order chi connectivity index (χ1) is 20.9. The Morgan fingerprint density at radius 1 is 1.07 bits per heavy atom. The number of halogens is 2. The summed E-state index contributed by atoms with van der Waals surface area (Å²) >= 11 is 0. The lowest BCUT2D eigenvalue weighted by molar-refractivity contribution is -0.165. The monoisotopic (exact) mass is 595 g/mol. The third-order valence-electron chi connectivity index (χ3n) is 7.75. The third kappa shape index (κ3) is 6.90. The van der Waals surface area contributed by atoms with Crippen LogP contribution in [-0.4, -0.2) is 69.9 Å². The summed E-state index contributed by atoms with van der Waals surface area (Å²) in [5.74, 6) is -2.29. The molecule has 2 saturated heterocycles. The molecule has 4 heterocycles. The van der Waals surface area contributed by atoms with Crippen molar-refractivity contribution in [3.63, 3.8) is 0 Å². The summed E-state index contributed by atoms with van der Waals surface area (Å²) < 4.78 is 56.4. The van der Waals surface area contributed by atoms with Crippen LogP contribution in [0.25, 0.3) is 11.1 Å². The number of morpholine rings is 1. The van der Waals surface area contributed by atoms with E-state index in [-0.39, 0.29) is 23.2 Å². The minimum absolute atomic E-state index is 0.0971. The number of carbonyl (C=O) groups is 1. The van der Waals surface area contributed by atoms with E-state index in [1.54, 1.807) is 6.07 Å². The molecular weight excluding hydrogens is 560 g/mol. The molecule has 6 rings (SSSR count). The highest BCUT2D eigenvalue weighted by Crippen LogP contribution is 2.41. The molecule has 1 unspecified atom stereocenters. The molecule has 0 aliphatic carbocycles. The van der Waals surface area contributed by atoms with Crippen LogP contribution in [0, 0.1) is 6.92 Å². The van der Waals surface area contributed by atoms with Crippen molar-refractivity contribution in [3.8, 4) is 22.8 Å². The average Bonchev–Trinajstić information content (AvgIpc) is 3.34. The number of hydrogen-bond acceptors (Lipinski definition) is 8. The fraction of sp³-hybridized carbons (Fsp3) is 0.438. The smallest absolute Gasteiger partial charge is 0.310 e. The SMILES string of the molecule is Cc1ccc(NC(=O)c2ccc3c(c2)C(F)(F)CO3)cc1-c1cc(OCCOC2CCCCO2)nc(N2CCOCC2)c1. The van der Waals surface area contributed by atoms with E-state index in [2.05, 4.69) is 10.2 Å². The first-order valence-electron chi connectivity index (χ1n) is 14.6. The quantitative estimate of drug-likeness (QED) is 0.322. The highest BCUT2D eigenvalue weighted by Gasteiger charge is 2.41. The molecule has 3 aromatic rings. The fourth-order valence-corrected chi connectivity index (χ4v) is 5.39. The number of anilines is 2. The van der Waals surface area contributed by atoms with Gasteiger partial charge in [0.05, 0.1) is 25.4 Å². The van der Waals surface area contributed by atoms with Crippen LogP contribution in [0.2, 0.25) is 0 Å². The van der Waals surface area contributed by atoms with Gasteiger partial charge >= 0.3 is 5.92 Å². The lowest BCUT2D eigenvalue weighted by atomic mass is 10.00. The molecule has 0 radical (unpaired) electrons. The molecule has 3 aliphatic heterocycles. The second-order valence-electron chi connectivity index (χ2n) is 10.9. The van der Waals surface area contributed by atoms with Crippen LogP contribution in [-0.2, 0) is 20.1 Å². The van der Waals surface area contributed by atoms with E-state index in [0.717, 1.165) is 48.4 Å². The minimum Gasteiger partial charge on any atom is -0.486 e. The van der Waals surface area contributed by atoms with Crippen LogP contribution in [0.1, 0.15) is 40.7 Å². The van der Waals surface area contributed by atoms with E-state index in [1.165, 1.54) is 18.2 Å². The molecule has 1 atom stereocenters. The lowest BCUT2D eigenvalue weighted by Crippen LogP contribution is -2.36. The number of hydrogen-bond donors (Lipinski definition) is 1. The maximum Gasteiger partial charge on any atom is 0.310 e. The molecule has 43 heavy (non-hydrogen) atoms. The standard InChI is InChI=1S/C32H35F2N3O6/c1-21-5-7-24(35-31(38)22-6-8-27-26(16-22)32(33,34)20-43-27)19-25(21)23-17-28(37-9-12-39-13-10-37)36-29(18-23)40-14-15-42-30-4-2-3-11-41-30/h5-8,16-19,30H,2-4,9-15,20H2,1H3,(H,35,38). The topological polar surface area (TPSA) is 91.4 Å². The number of amides is 1. The van der Waals surface area contributed by atoms with Crippen LogP contribution >= 0.6 is 0 Å². The Hall–Kier alpha value is -3.80. The molecule has 1 N–H and O–H groups in total. The van der Waals surface area contributed by atoms with Gasteiger partial charge in [0.2, 0.25) is 5.88 Å². The van der Waals surface area contributed by atoms with Crippen LogP contribution < -0.4 is 19.7 Å². The summed E-state index contributed by atoms with van der Waals surface area (Å²) in [4.78, 5) is 20.0. The van der Waals surface area contributed by atoms with E-state index in [0.29, 0.717) is 51.1 Å². The van der Waals surface area contributed by atoms with Gasteiger partial charge in [0.15, 0.2) is 12.9 Å². The van der Waals surface area contributed by atoms with Crippen molar-refractivity contribution in [2.75, 3.05) is 62.9 Å². The number of nitrogens with one attached hydrogen (secondary N) is 1. The van der Waals surface area contributed by atoms with E-state index in [4.69, 9.17) is 28.7 Å². The van der Waals surface area contributed by atoms with Crippen molar-refractivity contribution < 1.29 is 37.3 Å². The zero-order valence-corrected chi connectivity index (χ0v) is 24.1. The van der Waals surface area contributed by atoms with E-state index in [9.17, 15) is 13.6 Å². The van der Waals surface area contributed by atoms with E-state index >= 15 is 0 Å². The van der Waals surface area contributed by atoms with Crippen molar-refractivity contribution in [1.82, 2.24) is 4.98 Å². The van der Waals surface area contributed by atoms with Gasteiger partial charge in [0.25, 0.3) is 5.91 Å². The summed E-state index contributed by atoms with van der Waals surface area (Å²) in [6, 6.07) is 13.5. The Bertz CT molecular complexity index is 1460. The molecule has 0 saturated carbocycles. The van der Waals surface area contributed by atoms with Gasteiger partial charge in [-0.2, -0.15) is 13.8 Å². The zero-order valence-electron chi connectivity index (χ0n) is 24.1. The molecule has 2 aromatic carbocycles. The number of aryl methyl sites for hydroxylation is 1. The second-order valence-corrected chi connectivity index (χ2v) is 10.9. The molecule has 228 valence electrons. The number of benzene rings is 2. The Morgan fingerprint density at radius 2 is 1.93 bits per heavy atom. The highest BCUT2D eigenvalue weighted by molar-refractivity contribution is 6.05. The lowest BCUT2D eigenvalue weighted by Gasteiger charge is -2.28. The highest BCUT2D eigenvalue weighted by atomic mass is 19.3. The molecule has 1 aromatic heterocycles. The molecule has 0 bridgehead atoms. The van der Waals surface area contributed by atoms with Crippen LogP contribution in [0.15, 0.2) is 48.5 Å². The molecule has 2 fully saturated rings. The maximum absolute atomic E-state index is 14.2. The Balaban J connectivity index is 1.21. The summed E-state index contributed by atoms with van der Waals surface area (Å²) in [7, 11) is 0. The predicted octanol–water partition coefficient (Wildman–Crippen LogP) is 5.55. The molecule has 0 spiro atoms. The zero-order chi connectivity index (χ0) is 29.8. The summed E-state index contributed by atoms with van der Waals surface area (Å²) in [5, 5.41) is 2.85. The van der Waals surface area contributed by atoms with Gasteiger partial charge in [-0.15, -0.1) is 0 Å². The van der Waals surface area contributed by atoms with Gasteiger partial charge in [-0.05, 0) is 79.3 Å². The first kappa shape index (κ1) is 29.3. The summed E-state index contributed by atoms with van der Waals surface area (Å²) in [6.07, 6.45) is 2.84. The van der Waals surface area contributed by atoms with Crippen molar-refractivity contribution in [2.24, 2.45) is 0 Å². The number of ether oxygens (including phenoxy) is 5. The molecule has 11 heteroatoms. The van der Waals surface area contributed by atoms with Crippen molar-refractivity contribution in [2.45, 2.75) is 38.4 Å². The third-order valence-corrected chi connectivity index (χ3v) is 7.75. The van der Waals surface area contributed by atoms with Gasteiger partial charge in [0, 0.05) is 37.0 Å². The number of aromatic nitrogens is 1. The van der Waals surface area contributed by atoms with Gasteiger partial charge in [-0.1, -0.05) is 6.07 Å². The fourth-order valence-electron chi connectivity index (χ4n) is 5.39. The Kier molecular flexibility index (Phi) is 8.73. The number of pyridine rings is 1. The molecule has 9 nitrogen and oxygen atoms in total. The van der Waals surface area contributed by atoms with Crippen LogP contribution in [0.4, 0.5) is 20.3 Å². The average molecular weight is 596 g/mol.